The molecule has 0 aliphatic heterocycles. The highest BCUT2D eigenvalue weighted by molar-refractivity contribution is 5.24. The molecule has 20 heavy (non-hydrogen) atoms. The van der Waals surface area contributed by atoms with Crippen LogP contribution in [-0.4, -0.2) is 37.3 Å². The fraction of sp³-hybridized carbons (Fsp3) is 0.600. The highest BCUT2D eigenvalue weighted by Crippen LogP contribution is 2.21. The Kier molecular flexibility index (Phi) is 6.02. The maximum absolute atomic E-state index is 12.6. The van der Waals surface area contributed by atoms with Crippen molar-refractivity contribution in [2.24, 2.45) is 0 Å². The molecular weight excluding hydrogens is 265 g/mol. The molecule has 0 radical (unpaired) electrons. The summed E-state index contributed by atoms with van der Waals surface area (Å²) < 4.78 is 37.8. The molecule has 0 spiro atoms. The number of hydrogen-bond donors (Lipinski definition) is 1. The zero-order chi connectivity index (χ0) is 15.3. The third-order valence-corrected chi connectivity index (χ3v) is 3.36. The van der Waals surface area contributed by atoms with Crippen LogP contribution >= 0.6 is 0 Å². The van der Waals surface area contributed by atoms with E-state index in [1.54, 1.807) is 20.9 Å². The first kappa shape index (κ1) is 17.0. The number of rotatable bonds is 6. The Hall–Kier alpha value is -1.07. The van der Waals surface area contributed by atoms with Crippen molar-refractivity contribution in [1.82, 2.24) is 10.2 Å². The van der Waals surface area contributed by atoms with Crippen LogP contribution in [0.4, 0.5) is 13.2 Å². The summed E-state index contributed by atoms with van der Waals surface area (Å²) in [4.78, 5) is 1.45. The minimum Gasteiger partial charge on any atom is -0.312 e. The third-order valence-electron chi connectivity index (χ3n) is 3.36. The van der Waals surface area contributed by atoms with Crippen LogP contribution in [0, 0.1) is 6.92 Å². The van der Waals surface area contributed by atoms with Crippen LogP contribution in [0.25, 0.3) is 0 Å². The summed E-state index contributed by atoms with van der Waals surface area (Å²) in [7, 11) is 1.77. The first-order valence-electron chi connectivity index (χ1n) is 6.77. The average molecular weight is 288 g/mol. The molecule has 0 bridgehead atoms. The van der Waals surface area contributed by atoms with Crippen LogP contribution < -0.4 is 5.32 Å². The molecule has 5 heteroatoms. The molecule has 1 rings (SSSR count). The fourth-order valence-electron chi connectivity index (χ4n) is 2.08. The van der Waals surface area contributed by atoms with Crippen molar-refractivity contribution in [3.05, 3.63) is 35.4 Å². The quantitative estimate of drug-likeness (QED) is 0.861. The molecule has 0 amide bonds. The van der Waals surface area contributed by atoms with Gasteiger partial charge >= 0.3 is 6.18 Å². The number of halogens is 3. The number of aryl methyl sites for hydroxylation is 1. The summed E-state index contributed by atoms with van der Waals surface area (Å²) in [6, 6.07) is 7.61. The van der Waals surface area contributed by atoms with Crippen LogP contribution in [0.3, 0.4) is 0 Å². The van der Waals surface area contributed by atoms with Gasteiger partial charge in [-0.1, -0.05) is 29.8 Å². The maximum Gasteiger partial charge on any atom is 0.401 e. The average Bonchev–Trinajstić information content (AvgIpc) is 2.34. The van der Waals surface area contributed by atoms with Crippen molar-refractivity contribution in [1.29, 1.82) is 0 Å². The summed E-state index contributed by atoms with van der Waals surface area (Å²) in [6.45, 7) is 5.01. The van der Waals surface area contributed by atoms with E-state index in [1.807, 2.05) is 31.2 Å². The largest absolute Gasteiger partial charge is 0.401 e. The van der Waals surface area contributed by atoms with Crippen molar-refractivity contribution in [3.63, 3.8) is 0 Å². The summed E-state index contributed by atoms with van der Waals surface area (Å²) in [6.07, 6.45) is -4.17. The van der Waals surface area contributed by atoms with Gasteiger partial charge in [0.05, 0.1) is 6.54 Å². The predicted molar refractivity (Wildman–Crippen MR) is 75.7 cm³/mol. The second kappa shape index (κ2) is 7.09. The predicted octanol–water partition coefficient (Wildman–Crippen LogP) is 3.53. The Labute approximate surface area is 119 Å². The van der Waals surface area contributed by atoms with Gasteiger partial charge in [-0.05, 0) is 33.4 Å². The lowest BCUT2D eigenvalue weighted by atomic mass is 10.0. The molecule has 1 atom stereocenters. The molecule has 1 N–H and O–H groups in total. The first-order valence-corrected chi connectivity index (χ1v) is 6.77. The Bertz CT molecular complexity index is 399. The van der Waals surface area contributed by atoms with E-state index in [1.165, 1.54) is 4.90 Å². The van der Waals surface area contributed by atoms with Gasteiger partial charge in [0, 0.05) is 18.6 Å². The van der Waals surface area contributed by atoms with Crippen molar-refractivity contribution in [2.45, 2.75) is 39.0 Å². The van der Waals surface area contributed by atoms with Crippen LogP contribution in [0.15, 0.2) is 24.3 Å². The summed E-state index contributed by atoms with van der Waals surface area (Å²) in [5, 5.41) is 3.10. The van der Waals surface area contributed by atoms with Crippen molar-refractivity contribution in [2.75, 3.05) is 20.1 Å². The number of nitrogens with one attached hydrogen (secondary N) is 1. The molecule has 0 fully saturated rings. The van der Waals surface area contributed by atoms with Crippen LogP contribution in [-0.2, 0) is 0 Å². The molecule has 0 saturated heterocycles. The molecule has 1 aromatic carbocycles. The van der Waals surface area contributed by atoms with Crippen molar-refractivity contribution >= 4 is 0 Å². The summed E-state index contributed by atoms with van der Waals surface area (Å²) in [5.41, 5.74) is 2.14. The number of likely N-dealkylation sites (N-methyl/N-ethyl adjacent to an activating group) is 1. The molecule has 1 aromatic rings. The summed E-state index contributed by atoms with van der Waals surface area (Å²) in [5.74, 6) is 0. The highest BCUT2D eigenvalue weighted by atomic mass is 19.4. The zero-order valence-electron chi connectivity index (χ0n) is 12.5. The minimum atomic E-state index is -4.17. The number of alkyl halides is 3. The zero-order valence-corrected chi connectivity index (χ0v) is 12.5. The third kappa shape index (κ3) is 5.51. The van der Waals surface area contributed by atoms with Gasteiger partial charge in [-0.25, -0.2) is 0 Å². The van der Waals surface area contributed by atoms with E-state index < -0.39 is 12.7 Å². The molecular formula is C15H23F3N2. The molecule has 2 nitrogen and oxygen atoms in total. The lowest BCUT2D eigenvalue weighted by molar-refractivity contribution is -0.150. The normalized spacial score (nSPS) is 14.1. The lowest BCUT2D eigenvalue weighted by Gasteiger charge is -2.31. The van der Waals surface area contributed by atoms with Crippen LogP contribution in [0.1, 0.15) is 31.0 Å². The standard InChI is InChI=1S/C15H23F3N2/c1-11(2)20(10-15(16,17)18)9-14(19-4)13-7-5-12(3)6-8-13/h5-8,11,14,19H,9-10H2,1-4H3. The molecule has 1 unspecified atom stereocenters. The van der Waals surface area contributed by atoms with E-state index in [0.717, 1.165) is 11.1 Å². The fourth-order valence-corrected chi connectivity index (χ4v) is 2.08. The van der Waals surface area contributed by atoms with E-state index >= 15 is 0 Å². The number of nitrogens with zero attached hydrogens (tertiary/aromatic N) is 1. The van der Waals surface area contributed by atoms with Gasteiger partial charge in [-0.3, -0.25) is 4.90 Å². The topological polar surface area (TPSA) is 15.3 Å². The number of benzene rings is 1. The number of hydrogen-bond acceptors (Lipinski definition) is 2. The first-order chi connectivity index (χ1) is 9.23. The summed E-state index contributed by atoms with van der Waals surface area (Å²) >= 11 is 0. The van der Waals surface area contributed by atoms with Gasteiger partial charge in [0.2, 0.25) is 0 Å². The lowest BCUT2D eigenvalue weighted by Crippen LogP contribution is -2.43. The molecule has 0 aliphatic carbocycles. The Morgan fingerprint density at radius 3 is 2.10 bits per heavy atom. The van der Waals surface area contributed by atoms with Gasteiger partial charge in [0.25, 0.3) is 0 Å². The Morgan fingerprint density at radius 1 is 1.15 bits per heavy atom. The van der Waals surface area contributed by atoms with E-state index in [0.29, 0.717) is 6.54 Å². The Morgan fingerprint density at radius 2 is 1.70 bits per heavy atom. The molecule has 0 heterocycles. The van der Waals surface area contributed by atoms with Gasteiger partial charge < -0.3 is 5.32 Å². The monoisotopic (exact) mass is 288 g/mol. The van der Waals surface area contributed by atoms with E-state index in [-0.39, 0.29) is 12.1 Å². The molecule has 114 valence electrons. The van der Waals surface area contributed by atoms with E-state index in [4.69, 9.17) is 0 Å². The van der Waals surface area contributed by atoms with Gasteiger partial charge in [0.1, 0.15) is 0 Å². The van der Waals surface area contributed by atoms with Crippen molar-refractivity contribution < 1.29 is 13.2 Å². The second-order valence-electron chi connectivity index (χ2n) is 5.39. The van der Waals surface area contributed by atoms with Crippen LogP contribution in [0.5, 0.6) is 0 Å². The van der Waals surface area contributed by atoms with E-state index in [9.17, 15) is 13.2 Å². The molecule has 0 saturated carbocycles. The molecule has 0 aliphatic rings. The van der Waals surface area contributed by atoms with Crippen LogP contribution in [0.2, 0.25) is 0 Å². The van der Waals surface area contributed by atoms with Gasteiger partial charge in [-0.15, -0.1) is 0 Å². The van der Waals surface area contributed by atoms with Crippen molar-refractivity contribution in [3.8, 4) is 0 Å². The maximum atomic E-state index is 12.6. The molecule has 0 aromatic heterocycles. The van der Waals surface area contributed by atoms with E-state index in [2.05, 4.69) is 5.32 Å². The van der Waals surface area contributed by atoms with Gasteiger partial charge in [0.15, 0.2) is 0 Å². The SMILES string of the molecule is CNC(CN(CC(F)(F)F)C(C)C)c1ccc(C)cc1. The second-order valence-corrected chi connectivity index (χ2v) is 5.39. The van der Waals surface area contributed by atoms with Gasteiger partial charge in [-0.2, -0.15) is 13.2 Å². The smallest absolute Gasteiger partial charge is 0.312 e. The Balaban J connectivity index is 2.81. The highest BCUT2D eigenvalue weighted by Gasteiger charge is 2.32. The minimum absolute atomic E-state index is 0.111.